The molecule has 5 nitrogen and oxygen atoms in total. The maximum atomic E-state index is 13.8. The van der Waals surface area contributed by atoms with Crippen LogP contribution in [0.25, 0.3) is 10.6 Å². The van der Waals surface area contributed by atoms with Gasteiger partial charge < -0.3 is 10.6 Å². The Bertz CT molecular complexity index is 596. The van der Waals surface area contributed by atoms with Crippen molar-refractivity contribution in [1.29, 1.82) is 0 Å². The molecule has 0 saturated heterocycles. The van der Waals surface area contributed by atoms with E-state index in [4.69, 9.17) is 5.73 Å². The van der Waals surface area contributed by atoms with Crippen LogP contribution in [0.2, 0.25) is 0 Å². The van der Waals surface area contributed by atoms with E-state index < -0.39 is 5.82 Å². The van der Waals surface area contributed by atoms with Crippen molar-refractivity contribution in [3.05, 3.63) is 29.6 Å². The number of nitrogen functional groups attached to an aromatic ring is 1. The molecule has 1 heterocycles. The average Bonchev–Trinajstić information content (AvgIpc) is 2.74. The third-order valence-corrected chi connectivity index (χ3v) is 3.09. The smallest absolute Gasteiger partial charge is 0.256 e. The van der Waals surface area contributed by atoms with Gasteiger partial charge in [-0.2, -0.15) is 0 Å². The molecule has 0 fully saturated rings. The lowest BCUT2D eigenvalue weighted by molar-refractivity contribution is 0.0823. The highest BCUT2D eigenvalue weighted by molar-refractivity contribution is 7.18. The van der Waals surface area contributed by atoms with E-state index in [2.05, 4.69) is 10.2 Å². The number of benzene rings is 1. The Morgan fingerprint density at radius 1 is 1.39 bits per heavy atom. The fourth-order valence-corrected chi connectivity index (χ4v) is 2.02. The molecular weight excluding hydrogens is 255 g/mol. The molecule has 0 radical (unpaired) electrons. The molecule has 0 saturated carbocycles. The zero-order valence-corrected chi connectivity index (χ0v) is 10.7. The van der Waals surface area contributed by atoms with Crippen LogP contribution in [-0.2, 0) is 0 Å². The number of halogens is 1. The Kier molecular flexibility index (Phi) is 3.24. The van der Waals surface area contributed by atoms with Crippen LogP contribution in [0.3, 0.4) is 0 Å². The summed E-state index contributed by atoms with van der Waals surface area (Å²) in [5.74, 6) is -0.962. The number of nitrogens with zero attached hydrogens (tertiary/aromatic N) is 3. The van der Waals surface area contributed by atoms with Crippen LogP contribution in [0.1, 0.15) is 10.4 Å². The summed E-state index contributed by atoms with van der Waals surface area (Å²) in [7, 11) is 3.14. The molecule has 0 atom stereocenters. The summed E-state index contributed by atoms with van der Waals surface area (Å²) in [6.07, 6.45) is 0. The van der Waals surface area contributed by atoms with E-state index in [1.807, 2.05) is 0 Å². The van der Waals surface area contributed by atoms with Crippen LogP contribution < -0.4 is 5.73 Å². The van der Waals surface area contributed by atoms with Gasteiger partial charge in [0.2, 0.25) is 5.13 Å². The molecule has 1 aromatic heterocycles. The van der Waals surface area contributed by atoms with Gasteiger partial charge in [0.25, 0.3) is 5.91 Å². The number of hydrogen-bond acceptors (Lipinski definition) is 5. The number of nitrogens with two attached hydrogens (primary N) is 1. The van der Waals surface area contributed by atoms with Gasteiger partial charge in [0.1, 0.15) is 10.8 Å². The van der Waals surface area contributed by atoms with Crippen LogP contribution >= 0.6 is 11.3 Å². The summed E-state index contributed by atoms with van der Waals surface area (Å²) in [4.78, 5) is 13.0. The molecule has 1 amide bonds. The molecule has 2 aromatic rings. The molecule has 0 aliphatic carbocycles. The maximum absolute atomic E-state index is 13.8. The minimum Gasteiger partial charge on any atom is -0.374 e. The summed E-state index contributed by atoms with van der Waals surface area (Å²) in [5, 5.41) is 8.32. The van der Waals surface area contributed by atoms with E-state index >= 15 is 0 Å². The molecule has 2 rings (SSSR count). The number of amides is 1. The van der Waals surface area contributed by atoms with E-state index in [0.29, 0.717) is 15.7 Å². The van der Waals surface area contributed by atoms with Gasteiger partial charge in [0.15, 0.2) is 0 Å². The van der Waals surface area contributed by atoms with Gasteiger partial charge in [0.05, 0.1) is 5.56 Å². The first-order valence-electron chi connectivity index (χ1n) is 5.09. The lowest BCUT2D eigenvalue weighted by Gasteiger charge is -2.11. The van der Waals surface area contributed by atoms with Gasteiger partial charge in [-0.25, -0.2) is 4.39 Å². The zero-order chi connectivity index (χ0) is 13.3. The van der Waals surface area contributed by atoms with Gasteiger partial charge in [-0.3, -0.25) is 4.79 Å². The summed E-state index contributed by atoms with van der Waals surface area (Å²) < 4.78 is 13.8. The largest absolute Gasteiger partial charge is 0.374 e. The first kappa shape index (κ1) is 12.4. The predicted octanol–water partition coefficient (Wildman–Crippen LogP) is 1.63. The van der Waals surface area contributed by atoms with Crippen LogP contribution in [0.15, 0.2) is 18.2 Å². The van der Waals surface area contributed by atoms with Gasteiger partial charge in [-0.15, -0.1) is 10.2 Å². The summed E-state index contributed by atoms with van der Waals surface area (Å²) in [6.45, 7) is 0. The summed E-state index contributed by atoms with van der Waals surface area (Å²) >= 11 is 1.16. The van der Waals surface area contributed by atoms with Crippen molar-refractivity contribution in [1.82, 2.24) is 15.1 Å². The SMILES string of the molecule is CN(C)C(=O)c1ccc(-c2nnc(N)s2)cc1F. The molecule has 0 unspecified atom stereocenters. The van der Waals surface area contributed by atoms with Crippen molar-refractivity contribution in [3.63, 3.8) is 0 Å². The van der Waals surface area contributed by atoms with E-state index in [-0.39, 0.29) is 11.5 Å². The van der Waals surface area contributed by atoms with Crippen molar-refractivity contribution in [2.45, 2.75) is 0 Å². The summed E-state index contributed by atoms with van der Waals surface area (Å²) in [5.41, 5.74) is 6.04. The van der Waals surface area contributed by atoms with Crippen LogP contribution in [0.4, 0.5) is 9.52 Å². The lowest BCUT2D eigenvalue weighted by Crippen LogP contribution is -2.22. The Morgan fingerprint density at radius 3 is 2.61 bits per heavy atom. The fraction of sp³-hybridized carbons (Fsp3) is 0.182. The molecule has 94 valence electrons. The number of rotatable bonds is 2. The summed E-state index contributed by atoms with van der Waals surface area (Å²) in [6, 6.07) is 4.32. The van der Waals surface area contributed by atoms with Crippen molar-refractivity contribution >= 4 is 22.4 Å². The predicted molar refractivity (Wildman–Crippen MR) is 67.7 cm³/mol. The standard InChI is InChI=1S/C11H11FN4OS/c1-16(2)10(17)7-4-3-6(5-8(7)12)9-14-15-11(13)18-9/h3-5H,1-2H3,(H2,13,15). The van der Waals surface area contributed by atoms with E-state index in [1.54, 1.807) is 20.2 Å². The molecule has 0 aliphatic heterocycles. The second-order valence-electron chi connectivity index (χ2n) is 3.84. The molecule has 1 aromatic carbocycles. The van der Waals surface area contributed by atoms with Crippen LogP contribution in [0.5, 0.6) is 0 Å². The second kappa shape index (κ2) is 4.69. The van der Waals surface area contributed by atoms with Crippen molar-refractivity contribution < 1.29 is 9.18 Å². The van der Waals surface area contributed by atoms with Gasteiger partial charge in [0, 0.05) is 19.7 Å². The lowest BCUT2D eigenvalue weighted by atomic mass is 10.1. The van der Waals surface area contributed by atoms with Gasteiger partial charge in [-0.1, -0.05) is 17.4 Å². The number of carbonyl (C=O) groups is 1. The first-order chi connectivity index (χ1) is 8.49. The maximum Gasteiger partial charge on any atom is 0.256 e. The molecule has 7 heteroatoms. The van der Waals surface area contributed by atoms with E-state index in [9.17, 15) is 9.18 Å². The second-order valence-corrected chi connectivity index (χ2v) is 4.85. The van der Waals surface area contributed by atoms with E-state index in [1.165, 1.54) is 17.0 Å². The molecule has 0 spiro atoms. The monoisotopic (exact) mass is 266 g/mol. The average molecular weight is 266 g/mol. The topological polar surface area (TPSA) is 72.1 Å². The molecule has 0 bridgehead atoms. The Hall–Kier alpha value is -2.02. The van der Waals surface area contributed by atoms with Gasteiger partial charge in [-0.05, 0) is 12.1 Å². The third kappa shape index (κ3) is 2.30. The minimum atomic E-state index is -0.583. The van der Waals surface area contributed by atoms with Crippen LogP contribution in [0, 0.1) is 5.82 Å². The number of carbonyl (C=O) groups excluding carboxylic acids is 1. The highest BCUT2D eigenvalue weighted by atomic mass is 32.1. The third-order valence-electron chi connectivity index (χ3n) is 2.29. The number of anilines is 1. The molecule has 2 N–H and O–H groups in total. The fourth-order valence-electron chi connectivity index (χ4n) is 1.41. The van der Waals surface area contributed by atoms with Crippen molar-refractivity contribution in [2.24, 2.45) is 0 Å². The zero-order valence-electron chi connectivity index (χ0n) is 9.85. The number of aromatic nitrogens is 2. The molecule has 18 heavy (non-hydrogen) atoms. The van der Waals surface area contributed by atoms with Crippen LogP contribution in [-0.4, -0.2) is 35.1 Å². The molecule has 0 aliphatic rings. The Labute approximate surface area is 107 Å². The minimum absolute atomic E-state index is 0.0289. The highest BCUT2D eigenvalue weighted by Crippen LogP contribution is 2.26. The number of hydrogen-bond donors (Lipinski definition) is 1. The van der Waals surface area contributed by atoms with E-state index in [0.717, 1.165) is 11.3 Å². The normalized spacial score (nSPS) is 10.4. The Morgan fingerprint density at radius 2 is 2.11 bits per heavy atom. The quantitative estimate of drug-likeness (QED) is 0.896. The molecular formula is C11H11FN4OS. The van der Waals surface area contributed by atoms with Gasteiger partial charge >= 0.3 is 0 Å². The van der Waals surface area contributed by atoms with Crippen molar-refractivity contribution in [2.75, 3.05) is 19.8 Å². The Balaban J connectivity index is 2.39. The highest BCUT2D eigenvalue weighted by Gasteiger charge is 2.15. The van der Waals surface area contributed by atoms with Crippen molar-refractivity contribution in [3.8, 4) is 10.6 Å². The first-order valence-corrected chi connectivity index (χ1v) is 5.91.